The van der Waals surface area contributed by atoms with Crippen LogP contribution in [0.2, 0.25) is 0 Å². The Morgan fingerprint density at radius 3 is 2.68 bits per heavy atom. The summed E-state index contributed by atoms with van der Waals surface area (Å²) in [6.07, 6.45) is 5.88. The fourth-order valence-corrected chi connectivity index (χ4v) is 3.57. The lowest BCUT2D eigenvalue weighted by molar-refractivity contribution is 0.216. The van der Waals surface area contributed by atoms with Crippen molar-refractivity contribution in [3.05, 3.63) is 11.8 Å². The minimum absolute atomic E-state index is 0.00324. The molecule has 1 aliphatic carbocycles. The fraction of sp³-hybridized carbons (Fsp3) is 0.750. The Morgan fingerprint density at radius 1 is 1.32 bits per heavy atom. The molecule has 0 unspecified atom stereocenters. The molecule has 0 aromatic carbocycles. The average Bonchev–Trinajstić information content (AvgIpc) is 3.18. The molecule has 3 rings (SSSR count). The maximum absolute atomic E-state index is 12.5. The number of nitrogens with zero attached hydrogens (tertiary/aromatic N) is 4. The topological polar surface area (TPSA) is 53.4 Å². The largest absolute Gasteiger partial charge is 0.323 e. The number of aryl methyl sites for hydroxylation is 1. The van der Waals surface area contributed by atoms with E-state index in [0.717, 1.165) is 43.9 Å². The van der Waals surface area contributed by atoms with Crippen molar-refractivity contribution in [1.29, 1.82) is 0 Å². The Labute approximate surface area is 132 Å². The van der Waals surface area contributed by atoms with Crippen molar-refractivity contribution in [2.24, 2.45) is 0 Å². The van der Waals surface area contributed by atoms with Crippen molar-refractivity contribution in [3.63, 3.8) is 0 Å². The van der Waals surface area contributed by atoms with Crippen LogP contribution in [0.3, 0.4) is 0 Å². The number of likely N-dealkylation sites (tertiary alicyclic amines) is 1. The van der Waals surface area contributed by atoms with Crippen LogP contribution in [-0.2, 0) is 0 Å². The van der Waals surface area contributed by atoms with E-state index in [-0.39, 0.29) is 6.03 Å². The van der Waals surface area contributed by atoms with Crippen LogP contribution in [0.1, 0.15) is 43.8 Å². The van der Waals surface area contributed by atoms with Gasteiger partial charge in [0.2, 0.25) is 0 Å². The molecule has 6 nitrogen and oxygen atoms in total. The second kappa shape index (κ2) is 6.28. The van der Waals surface area contributed by atoms with E-state index < -0.39 is 0 Å². The maximum Gasteiger partial charge on any atom is 0.323 e. The van der Waals surface area contributed by atoms with Gasteiger partial charge in [-0.3, -0.25) is 5.32 Å². The van der Waals surface area contributed by atoms with Crippen LogP contribution in [-0.4, -0.2) is 58.8 Å². The molecule has 1 saturated heterocycles. The molecule has 1 atom stereocenters. The number of hydrogen-bond acceptors (Lipinski definition) is 3. The predicted molar refractivity (Wildman–Crippen MR) is 87.2 cm³/mol. The van der Waals surface area contributed by atoms with Crippen molar-refractivity contribution in [3.8, 4) is 0 Å². The first kappa shape index (κ1) is 15.3. The van der Waals surface area contributed by atoms with Crippen molar-refractivity contribution in [1.82, 2.24) is 19.6 Å². The maximum atomic E-state index is 12.5. The highest BCUT2D eigenvalue weighted by molar-refractivity contribution is 5.88. The molecule has 2 heterocycles. The van der Waals surface area contributed by atoms with Gasteiger partial charge in [0.05, 0.1) is 11.7 Å². The summed E-state index contributed by atoms with van der Waals surface area (Å²) >= 11 is 0. The first-order valence-electron chi connectivity index (χ1n) is 8.33. The predicted octanol–water partition coefficient (Wildman–Crippen LogP) is 2.47. The number of likely N-dealkylation sites (N-methyl/N-ethyl adjacent to an activating group) is 1. The van der Waals surface area contributed by atoms with Gasteiger partial charge < -0.3 is 9.80 Å². The Bertz CT molecular complexity index is 533. The quantitative estimate of drug-likeness (QED) is 0.933. The van der Waals surface area contributed by atoms with Crippen molar-refractivity contribution in [2.45, 2.75) is 51.1 Å². The van der Waals surface area contributed by atoms with Crippen molar-refractivity contribution in [2.75, 3.05) is 32.5 Å². The summed E-state index contributed by atoms with van der Waals surface area (Å²) in [4.78, 5) is 16.6. The van der Waals surface area contributed by atoms with Gasteiger partial charge in [-0.1, -0.05) is 12.8 Å². The lowest BCUT2D eigenvalue weighted by Gasteiger charge is -2.21. The molecule has 1 aromatic rings. The number of urea groups is 1. The molecular weight excluding hydrogens is 278 g/mol. The van der Waals surface area contributed by atoms with Gasteiger partial charge in [0.15, 0.2) is 0 Å². The lowest BCUT2D eigenvalue weighted by Crippen LogP contribution is -2.37. The van der Waals surface area contributed by atoms with Gasteiger partial charge in [-0.25, -0.2) is 9.48 Å². The third-order valence-corrected chi connectivity index (χ3v) is 4.94. The summed E-state index contributed by atoms with van der Waals surface area (Å²) in [7, 11) is 4.15. The van der Waals surface area contributed by atoms with Gasteiger partial charge in [-0.15, -0.1) is 0 Å². The monoisotopic (exact) mass is 305 g/mol. The number of rotatable bonds is 3. The number of carbonyl (C=O) groups is 1. The molecule has 2 fully saturated rings. The van der Waals surface area contributed by atoms with E-state index in [1.165, 1.54) is 12.8 Å². The van der Waals surface area contributed by atoms with Gasteiger partial charge in [-0.05, 0) is 40.3 Å². The van der Waals surface area contributed by atoms with Crippen LogP contribution in [0.25, 0.3) is 0 Å². The van der Waals surface area contributed by atoms with E-state index >= 15 is 0 Å². The smallest absolute Gasteiger partial charge is 0.323 e. The zero-order chi connectivity index (χ0) is 15.7. The second-order valence-corrected chi connectivity index (χ2v) is 6.84. The number of anilines is 1. The minimum Gasteiger partial charge on any atom is -0.323 e. The van der Waals surface area contributed by atoms with Crippen LogP contribution in [0.15, 0.2) is 6.07 Å². The van der Waals surface area contributed by atoms with Crippen LogP contribution in [0, 0.1) is 6.92 Å². The summed E-state index contributed by atoms with van der Waals surface area (Å²) in [5, 5.41) is 7.67. The normalized spacial score (nSPS) is 22.7. The summed E-state index contributed by atoms with van der Waals surface area (Å²) < 4.78 is 2.03. The third-order valence-electron chi connectivity index (χ3n) is 4.94. The molecule has 22 heavy (non-hydrogen) atoms. The highest BCUT2D eigenvalue weighted by Gasteiger charge is 2.28. The fourth-order valence-electron chi connectivity index (χ4n) is 3.57. The Hall–Kier alpha value is -1.56. The van der Waals surface area contributed by atoms with Crippen LogP contribution >= 0.6 is 0 Å². The van der Waals surface area contributed by atoms with Gasteiger partial charge in [0, 0.05) is 25.2 Å². The van der Waals surface area contributed by atoms with Crippen LogP contribution in [0.5, 0.6) is 0 Å². The van der Waals surface area contributed by atoms with E-state index in [2.05, 4.69) is 29.4 Å². The molecule has 1 saturated carbocycles. The van der Waals surface area contributed by atoms with Crippen LogP contribution < -0.4 is 5.32 Å². The van der Waals surface area contributed by atoms with Gasteiger partial charge in [0.1, 0.15) is 5.82 Å². The highest BCUT2D eigenvalue weighted by atomic mass is 16.2. The summed E-state index contributed by atoms with van der Waals surface area (Å²) in [6, 6.07) is 2.89. The molecule has 2 aliphatic rings. The average molecular weight is 305 g/mol. The van der Waals surface area contributed by atoms with Gasteiger partial charge in [0.25, 0.3) is 0 Å². The molecule has 0 radical (unpaired) electrons. The zero-order valence-electron chi connectivity index (χ0n) is 13.9. The SMILES string of the molecule is Cc1cc(NC(=O)N2CC[C@H](N(C)C)C2)n(C2CCCC2)n1. The molecule has 1 aliphatic heterocycles. The Balaban J connectivity index is 1.67. The van der Waals surface area contributed by atoms with E-state index in [1.54, 1.807) is 0 Å². The first-order chi connectivity index (χ1) is 10.5. The minimum atomic E-state index is 0.00324. The summed E-state index contributed by atoms with van der Waals surface area (Å²) in [5.74, 6) is 0.850. The summed E-state index contributed by atoms with van der Waals surface area (Å²) in [5.41, 5.74) is 0.967. The summed E-state index contributed by atoms with van der Waals surface area (Å²) in [6.45, 7) is 3.61. The number of amides is 2. The van der Waals surface area contributed by atoms with Gasteiger partial charge in [-0.2, -0.15) is 5.10 Å². The standard InChI is InChI=1S/C16H27N5O/c1-12-10-15(21(18-12)13-6-4-5-7-13)17-16(22)20-9-8-14(11-20)19(2)3/h10,13-14H,4-9,11H2,1-3H3,(H,17,22)/t14-/m0/s1. The molecule has 1 aromatic heterocycles. The zero-order valence-corrected chi connectivity index (χ0v) is 13.9. The number of nitrogens with one attached hydrogen (secondary N) is 1. The molecular formula is C16H27N5O. The third kappa shape index (κ3) is 3.11. The van der Waals surface area contributed by atoms with E-state index in [0.29, 0.717) is 12.1 Å². The Kier molecular flexibility index (Phi) is 4.38. The molecule has 1 N–H and O–H groups in total. The first-order valence-corrected chi connectivity index (χ1v) is 8.33. The molecule has 2 amide bonds. The van der Waals surface area contributed by atoms with E-state index in [1.807, 2.05) is 22.6 Å². The number of carbonyl (C=O) groups excluding carboxylic acids is 1. The van der Waals surface area contributed by atoms with Crippen molar-refractivity contribution >= 4 is 11.8 Å². The van der Waals surface area contributed by atoms with E-state index in [9.17, 15) is 4.79 Å². The molecule has 0 bridgehead atoms. The van der Waals surface area contributed by atoms with Crippen molar-refractivity contribution < 1.29 is 4.79 Å². The highest BCUT2D eigenvalue weighted by Crippen LogP contribution is 2.32. The molecule has 0 spiro atoms. The van der Waals surface area contributed by atoms with Crippen LogP contribution in [0.4, 0.5) is 10.6 Å². The number of aromatic nitrogens is 2. The lowest BCUT2D eigenvalue weighted by atomic mass is 10.2. The second-order valence-electron chi connectivity index (χ2n) is 6.84. The van der Waals surface area contributed by atoms with E-state index in [4.69, 9.17) is 0 Å². The number of hydrogen-bond donors (Lipinski definition) is 1. The molecule has 6 heteroatoms. The van der Waals surface area contributed by atoms with Gasteiger partial charge >= 0.3 is 6.03 Å². The molecule has 122 valence electrons. The Morgan fingerprint density at radius 2 is 2.05 bits per heavy atom.